The van der Waals surface area contributed by atoms with Crippen LogP contribution in [-0.2, 0) is 11.3 Å². The number of halogens is 1. The number of carbonyl (C=O) groups is 1. The number of nitrogens with zero attached hydrogens (tertiary/aromatic N) is 2. The number of aromatic amines is 1. The van der Waals surface area contributed by atoms with E-state index in [4.69, 9.17) is 0 Å². The maximum Gasteiger partial charge on any atom is 0.258 e. The fourth-order valence-corrected chi connectivity index (χ4v) is 3.26. The van der Waals surface area contributed by atoms with Crippen LogP contribution in [0.2, 0.25) is 0 Å². The molecule has 1 amide bonds. The molecule has 3 rings (SSSR count). The van der Waals surface area contributed by atoms with Gasteiger partial charge in [0.2, 0.25) is 5.91 Å². The van der Waals surface area contributed by atoms with Crippen molar-refractivity contribution in [1.82, 2.24) is 20.2 Å². The number of carbonyl (C=O) groups excluding carboxylic acids is 1. The van der Waals surface area contributed by atoms with Crippen LogP contribution in [0.1, 0.15) is 38.2 Å². The molecular formula is C22H25FN4O2. The number of H-pyrrole nitrogens is 1. The van der Waals surface area contributed by atoms with Gasteiger partial charge >= 0.3 is 0 Å². The van der Waals surface area contributed by atoms with Gasteiger partial charge in [-0.05, 0) is 50.2 Å². The zero-order valence-electron chi connectivity index (χ0n) is 16.8. The Morgan fingerprint density at radius 1 is 1.17 bits per heavy atom. The normalized spacial score (nSPS) is 13.4. The third-order valence-electron chi connectivity index (χ3n) is 5.08. The summed E-state index contributed by atoms with van der Waals surface area (Å²) in [7, 11) is 0. The van der Waals surface area contributed by atoms with E-state index in [1.54, 1.807) is 30.3 Å². The Balaban J connectivity index is 1.71. The average Bonchev–Trinajstić information content (AvgIpc) is 2.72. The number of amides is 1. The lowest BCUT2D eigenvalue weighted by Crippen LogP contribution is -2.45. The molecule has 0 radical (unpaired) electrons. The van der Waals surface area contributed by atoms with Crippen molar-refractivity contribution in [3.8, 4) is 0 Å². The van der Waals surface area contributed by atoms with Crippen molar-refractivity contribution in [2.24, 2.45) is 0 Å². The van der Waals surface area contributed by atoms with E-state index in [1.165, 1.54) is 12.1 Å². The maximum absolute atomic E-state index is 13.1. The highest BCUT2D eigenvalue weighted by Gasteiger charge is 2.23. The van der Waals surface area contributed by atoms with Crippen LogP contribution in [-0.4, -0.2) is 33.4 Å². The molecule has 2 unspecified atom stereocenters. The van der Waals surface area contributed by atoms with Crippen molar-refractivity contribution in [3.05, 3.63) is 76.1 Å². The molecule has 0 aliphatic carbocycles. The molecule has 1 aromatic heterocycles. The van der Waals surface area contributed by atoms with Gasteiger partial charge in [0.25, 0.3) is 5.56 Å². The van der Waals surface area contributed by atoms with Crippen molar-refractivity contribution in [2.75, 3.05) is 6.54 Å². The van der Waals surface area contributed by atoms with Crippen LogP contribution >= 0.6 is 0 Å². The van der Waals surface area contributed by atoms with Crippen LogP contribution in [0.4, 0.5) is 4.39 Å². The van der Waals surface area contributed by atoms with Gasteiger partial charge in [0.05, 0.1) is 29.5 Å². The smallest absolute Gasteiger partial charge is 0.258 e. The average molecular weight is 396 g/mol. The summed E-state index contributed by atoms with van der Waals surface area (Å²) in [6.07, 6.45) is 0. The molecule has 0 spiro atoms. The van der Waals surface area contributed by atoms with Crippen LogP contribution in [0.15, 0.2) is 53.3 Å². The summed E-state index contributed by atoms with van der Waals surface area (Å²) in [4.78, 5) is 34.3. The van der Waals surface area contributed by atoms with Crippen molar-refractivity contribution in [1.29, 1.82) is 0 Å². The van der Waals surface area contributed by atoms with Crippen LogP contribution in [0, 0.1) is 5.82 Å². The fourth-order valence-electron chi connectivity index (χ4n) is 3.26. The number of fused-ring (bicyclic) bond motifs is 1. The number of para-hydroxylation sites is 1. The van der Waals surface area contributed by atoms with Gasteiger partial charge in [-0.3, -0.25) is 14.5 Å². The van der Waals surface area contributed by atoms with Gasteiger partial charge in [0, 0.05) is 0 Å². The molecule has 2 aromatic carbocycles. The molecule has 152 valence electrons. The molecular weight excluding hydrogens is 371 g/mol. The molecule has 29 heavy (non-hydrogen) atoms. The van der Waals surface area contributed by atoms with E-state index in [-0.39, 0.29) is 23.3 Å². The SMILES string of the molecule is CCN(Cc1nc2ccccc2c(=O)[nH]1)C(C)C(=O)NC(C)c1ccc(F)cc1. The Kier molecular flexibility index (Phi) is 6.39. The van der Waals surface area contributed by atoms with Crippen LogP contribution < -0.4 is 10.9 Å². The highest BCUT2D eigenvalue weighted by Crippen LogP contribution is 2.14. The van der Waals surface area contributed by atoms with Crippen LogP contribution in [0.5, 0.6) is 0 Å². The van der Waals surface area contributed by atoms with E-state index in [1.807, 2.05) is 31.7 Å². The topological polar surface area (TPSA) is 78.1 Å². The Morgan fingerprint density at radius 3 is 2.55 bits per heavy atom. The maximum atomic E-state index is 13.1. The first kappa shape index (κ1) is 20.7. The van der Waals surface area contributed by atoms with E-state index in [0.29, 0.717) is 29.8 Å². The highest BCUT2D eigenvalue weighted by atomic mass is 19.1. The minimum atomic E-state index is -0.431. The zero-order chi connectivity index (χ0) is 21.0. The third-order valence-corrected chi connectivity index (χ3v) is 5.08. The van der Waals surface area contributed by atoms with E-state index < -0.39 is 6.04 Å². The first-order chi connectivity index (χ1) is 13.9. The second kappa shape index (κ2) is 8.96. The van der Waals surface area contributed by atoms with Crippen LogP contribution in [0.25, 0.3) is 10.9 Å². The van der Waals surface area contributed by atoms with Gasteiger partial charge in [0.1, 0.15) is 11.6 Å². The van der Waals surface area contributed by atoms with Gasteiger partial charge in [-0.1, -0.05) is 31.2 Å². The predicted octanol–water partition coefficient (Wildman–Crippen LogP) is 3.15. The van der Waals surface area contributed by atoms with Crippen molar-refractivity contribution < 1.29 is 9.18 Å². The number of likely N-dealkylation sites (N-methyl/N-ethyl adjacent to an activating group) is 1. The highest BCUT2D eigenvalue weighted by molar-refractivity contribution is 5.81. The quantitative estimate of drug-likeness (QED) is 0.643. The number of hydrogen-bond donors (Lipinski definition) is 2. The van der Waals surface area contributed by atoms with E-state index in [9.17, 15) is 14.0 Å². The summed E-state index contributed by atoms with van der Waals surface area (Å²) >= 11 is 0. The molecule has 0 aliphatic rings. The second-order valence-corrected chi connectivity index (χ2v) is 7.05. The molecule has 0 saturated carbocycles. The lowest BCUT2D eigenvalue weighted by molar-refractivity contribution is -0.126. The lowest BCUT2D eigenvalue weighted by atomic mass is 10.1. The summed E-state index contributed by atoms with van der Waals surface area (Å²) < 4.78 is 13.1. The number of hydrogen-bond acceptors (Lipinski definition) is 4. The van der Waals surface area contributed by atoms with Crippen molar-refractivity contribution >= 4 is 16.8 Å². The fraction of sp³-hybridized carbons (Fsp3) is 0.318. The molecule has 6 nitrogen and oxygen atoms in total. The summed E-state index contributed by atoms with van der Waals surface area (Å²) in [5, 5.41) is 3.50. The molecule has 2 N–H and O–H groups in total. The summed E-state index contributed by atoms with van der Waals surface area (Å²) in [5.41, 5.74) is 1.27. The van der Waals surface area contributed by atoms with Gasteiger partial charge in [-0.2, -0.15) is 0 Å². The molecule has 1 heterocycles. The predicted molar refractivity (Wildman–Crippen MR) is 111 cm³/mol. The van der Waals surface area contributed by atoms with Gasteiger partial charge in [0.15, 0.2) is 0 Å². The summed E-state index contributed by atoms with van der Waals surface area (Å²) in [6.45, 7) is 6.57. The minimum absolute atomic E-state index is 0.146. The number of aromatic nitrogens is 2. The Bertz CT molecular complexity index is 1050. The molecule has 0 saturated heterocycles. The summed E-state index contributed by atoms with van der Waals surface area (Å²) in [6, 6.07) is 12.6. The van der Waals surface area contributed by atoms with Crippen LogP contribution in [0.3, 0.4) is 0 Å². The Labute approximate surface area is 168 Å². The van der Waals surface area contributed by atoms with E-state index in [2.05, 4.69) is 15.3 Å². The first-order valence-corrected chi connectivity index (χ1v) is 9.67. The van der Waals surface area contributed by atoms with E-state index in [0.717, 1.165) is 5.56 Å². The molecule has 0 aliphatic heterocycles. The second-order valence-electron chi connectivity index (χ2n) is 7.05. The Hall–Kier alpha value is -3.06. The van der Waals surface area contributed by atoms with Gasteiger partial charge in [-0.25, -0.2) is 9.37 Å². The standard InChI is InChI=1S/C22H25FN4O2/c1-4-27(13-20-25-19-8-6-5-7-18(19)22(29)26-20)15(3)21(28)24-14(2)16-9-11-17(23)12-10-16/h5-12,14-15H,4,13H2,1-3H3,(H,24,28)(H,25,26,29). The monoisotopic (exact) mass is 396 g/mol. The number of rotatable bonds is 7. The Morgan fingerprint density at radius 2 is 1.86 bits per heavy atom. The third kappa shape index (κ3) is 4.86. The first-order valence-electron chi connectivity index (χ1n) is 9.67. The zero-order valence-corrected chi connectivity index (χ0v) is 16.8. The van der Waals surface area contributed by atoms with Gasteiger partial charge in [-0.15, -0.1) is 0 Å². The summed E-state index contributed by atoms with van der Waals surface area (Å²) in [5.74, 6) is 0.0586. The molecule has 7 heteroatoms. The van der Waals surface area contributed by atoms with Crippen molar-refractivity contribution in [3.63, 3.8) is 0 Å². The molecule has 3 aromatic rings. The van der Waals surface area contributed by atoms with Crippen molar-refractivity contribution in [2.45, 2.75) is 39.4 Å². The number of nitrogens with one attached hydrogen (secondary N) is 2. The number of benzene rings is 2. The largest absolute Gasteiger partial charge is 0.348 e. The van der Waals surface area contributed by atoms with E-state index >= 15 is 0 Å². The molecule has 0 bridgehead atoms. The molecule has 2 atom stereocenters. The molecule has 0 fully saturated rings. The minimum Gasteiger partial charge on any atom is -0.348 e. The van der Waals surface area contributed by atoms with Gasteiger partial charge < -0.3 is 10.3 Å². The lowest BCUT2D eigenvalue weighted by Gasteiger charge is -2.27.